The predicted octanol–water partition coefficient (Wildman–Crippen LogP) is -0.448. The van der Waals surface area contributed by atoms with E-state index in [-0.39, 0.29) is 21.7 Å². The molecule has 0 aliphatic rings. The van der Waals surface area contributed by atoms with Gasteiger partial charge in [-0.3, -0.25) is 0 Å². The molecule has 0 saturated carbocycles. The van der Waals surface area contributed by atoms with E-state index < -0.39 is 0 Å². The molecule has 0 saturated heterocycles. The third-order valence-electron chi connectivity index (χ3n) is 0.571. The Bertz CT molecular complexity index is 21.7. The van der Waals surface area contributed by atoms with Crippen LogP contribution in [0, 0.1) is 0 Å². The van der Waals surface area contributed by atoms with Crippen molar-refractivity contribution < 1.29 is 21.7 Å². The summed E-state index contributed by atoms with van der Waals surface area (Å²) in [5, 5.41) is 3.07. The number of hydrogen-bond donors (Lipinski definition) is 2. The number of nitrogens with two attached hydrogens (primary N) is 1. The minimum absolute atomic E-state index is 0. The second-order valence-electron chi connectivity index (χ2n) is 1.14. The molecule has 0 amide bonds. The summed E-state index contributed by atoms with van der Waals surface area (Å²) in [5.74, 6) is 0. The molecule has 0 radical (unpaired) electrons. The van der Waals surface area contributed by atoms with Crippen molar-refractivity contribution >= 4 is 0 Å². The van der Waals surface area contributed by atoms with Gasteiger partial charge >= 0.3 is 0 Å². The number of hydrogen-bond acceptors (Lipinski definition) is 2. The van der Waals surface area contributed by atoms with Crippen molar-refractivity contribution in [2.75, 3.05) is 19.6 Å². The van der Waals surface area contributed by atoms with E-state index in [0.29, 0.717) is 0 Å². The summed E-state index contributed by atoms with van der Waals surface area (Å²) in [5.41, 5.74) is 5.15. The molecule has 0 aliphatic heterocycles. The number of likely N-dealkylation sites (N-methyl/N-ethyl adjacent to an activating group) is 1. The van der Waals surface area contributed by atoms with Gasteiger partial charge in [-0.25, -0.2) is 0 Å². The van der Waals surface area contributed by atoms with Gasteiger partial charge in [0.05, 0.1) is 0 Å². The van der Waals surface area contributed by atoms with Gasteiger partial charge in [-0.2, -0.15) is 0 Å². The van der Waals surface area contributed by atoms with Gasteiger partial charge in [-0.05, 0) is 6.54 Å². The first-order chi connectivity index (χ1) is 2.91. The largest absolute Gasteiger partial charge is 0.329 e. The third-order valence-corrected chi connectivity index (χ3v) is 0.571. The van der Waals surface area contributed by atoms with Gasteiger partial charge in [0, 0.05) is 34.8 Å². The van der Waals surface area contributed by atoms with Crippen LogP contribution in [0.3, 0.4) is 0 Å². The van der Waals surface area contributed by atoms with Crippen LogP contribution in [0.4, 0.5) is 0 Å². The van der Waals surface area contributed by atoms with Crippen LogP contribution in [0.25, 0.3) is 0 Å². The molecule has 0 atom stereocenters. The molecule has 3 N–H and O–H groups in total. The van der Waals surface area contributed by atoms with Crippen molar-refractivity contribution in [3.05, 3.63) is 0 Å². The van der Waals surface area contributed by atoms with Gasteiger partial charge in [0.1, 0.15) is 0 Å². The van der Waals surface area contributed by atoms with Crippen molar-refractivity contribution in [2.24, 2.45) is 5.73 Å². The molecule has 0 aromatic rings. The van der Waals surface area contributed by atoms with Crippen molar-refractivity contribution in [2.45, 2.75) is 6.92 Å². The minimum atomic E-state index is 0. The second-order valence-corrected chi connectivity index (χ2v) is 1.14. The van der Waals surface area contributed by atoms with Gasteiger partial charge in [0.15, 0.2) is 0 Å². The van der Waals surface area contributed by atoms with Crippen LogP contribution in [0.2, 0.25) is 0 Å². The zero-order valence-corrected chi connectivity index (χ0v) is 6.26. The van der Waals surface area contributed by atoms with Crippen LogP contribution in [0.15, 0.2) is 0 Å². The van der Waals surface area contributed by atoms with E-state index in [4.69, 9.17) is 5.73 Å². The number of nitrogens with one attached hydrogen (secondary N) is 1. The minimum Gasteiger partial charge on any atom is -0.329 e. The van der Waals surface area contributed by atoms with E-state index in [1.165, 1.54) is 0 Å². The molecule has 0 spiro atoms. The maximum atomic E-state index is 5.15. The molecular weight excluding hydrogens is 124 g/mol. The van der Waals surface area contributed by atoms with E-state index in [2.05, 4.69) is 12.2 Å². The van der Waals surface area contributed by atoms with Crippen LogP contribution >= 0.6 is 0 Å². The summed E-state index contributed by atoms with van der Waals surface area (Å²) in [6, 6.07) is 0. The molecule has 0 bridgehead atoms. The second kappa shape index (κ2) is 9.81. The van der Waals surface area contributed by atoms with Crippen LogP contribution in [-0.4, -0.2) is 19.6 Å². The van der Waals surface area contributed by atoms with E-state index in [1.807, 2.05) is 0 Å². The summed E-state index contributed by atoms with van der Waals surface area (Å²) >= 11 is 0. The molecule has 42 valence electrons. The first-order valence-electron chi connectivity index (χ1n) is 2.32. The molecule has 0 aromatic heterocycles. The van der Waals surface area contributed by atoms with Crippen LogP contribution in [-0.2, 0) is 21.7 Å². The molecular formula is C4H12N2Ti. The Morgan fingerprint density at radius 2 is 2.14 bits per heavy atom. The Hall–Kier alpha value is 0.634. The van der Waals surface area contributed by atoms with E-state index in [9.17, 15) is 0 Å². The molecule has 0 aliphatic carbocycles. The molecule has 0 unspecified atom stereocenters. The molecule has 2 nitrogen and oxygen atoms in total. The Kier molecular flexibility index (Phi) is 14.8. The van der Waals surface area contributed by atoms with Gasteiger partial charge in [0.2, 0.25) is 0 Å². The summed E-state index contributed by atoms with van der Waals surface area (Å²) in [6.45, 7) is 4.77. The zero-order chi connectivity index (χ0) is 4.83. The van der Waals surface area contributed by atoms with Crippen molar-refractivity contribution in [1.82, 2.24) is 5.32 Å². The van der Waals surface area contributed by atoms with E-state index in [1.54, 1.807) is 0 Å². The van der Waals surface area contributed by atoms with Crippen LogP contribution in [0.1, 0.15) is 6.92 Å². The average Bonchev–Trinajstić information content (AvgIpc) is 1.61. The fourth-order valence-electron chi connectivity index (χ4n) is 0.279. The topological polar surface area (TPSA) is 38.0 Å². The van der Waals surface area contributed by atoms with E-state index in [0.717, 1.165) is 19.6 Å². The van der Waals surface area contributed by atoms with Crippen LogP contribution in [0.5, 0.6) is 0 Å². The maximum absolute atomic E-state index is 5.15. The third kappa shape index (κ3) is 10.8. The molecule has 7 heavy (non-hydrogen) atoms. The standard InChI is InChI=1S/C4H12N2.Ti/c1-2-6-4-3-5;/h6H,2-5H2,1H3;. The first-order valence-corrected chi connectivity index (χ1v) is 2.32. The quantitative estimate of drug-likeness (QED) is 0.407. The van der Waals surface area contributed by atoms with Gasteiger partial charge in [-0.1, -0.05) is 6.92 Å². The smallest absolute Gasteiger partial charge is 0.00743 e. The fourth-order valence-corrected chi connectivity index (χ4v) is 0.279. The Labute approximate surface area is 59.7 Å². The normalized spacial score (nSPS) is 7.71. The van der Waals surface area contributed by atoms with Crippen LogP contribution < -0.4 is 11.1 Å². The van der Waals surface area contributed by atoms with Gasteiger partial charge < -0.3 is 11.1 Å². The first kappa shape index (κ1) is 10.6. The van der Waals surface area contributed by atoms with Crippen molar-refractivity contribution in [3.8, 4) is 0 Å². The molecule has 0 rings (SSSR count). The van der Waals surface area contributed by atoms with Crippen molar-refractivity contribution in [3.63, 3.8) is 0 Å². The van der Waals surface area contributed by atoms with Gasteiger partial charge in [-0.15, -0.1) is 0 Å². The Morgan fingerprint density at radius 1 is 1.57 bits per heavy atom. The summed E-state index contributed by atoms with van der Waals surface area (Å²) < 4.78 is 0. The van der Waals surface area contributed by atoms with Crippen molar-refractivity contribution in [1.29, 1.82) is 0 Å². The zero-order valence-electron chi connectivity index (χ0n) is 4.70. The van der Waals surface area contributed by atoms with Gasteiger partial charge in [0.25, 0.3) is 0 Å². The summed E-state index contributed by atoms with van der Waals surface area (Å²) in [7, 11) is 0. The fraction of sp³-hybridized carbons (Fsp3) is 1.00. The Balaban J connectivity index is 0. The predicted molar refractivity (Wildman–Crippen MR) is 27.6 cm³/mol. The average molecular weight is 136 g/mol. The maximum Gasteiger partial charge on any atom is 0.00743 e. The Morgan fingerprint density at radius 3 is 2.29 bits per heavy atom. The molecule has 0 heterocycles. The number of rotatable bonds is 3. The molecule has 0 fully saturated rings. The molecule has 3 heteroatoms. The summed E-state index contributed by atoms with van der Waals surface area (Å²) in [4.78, 5) is 0. The SMILES string of the molecule is CCNCCN.[Ti]. The van der Waals surface area contributed by atoms with E-state index >= 15 is 0 Å². The summed E-state index contributed by atoms with van der Waals surface area (Å²) in [6.07, 6.45) is 0. The monoisotopic (exact) mass is 136 g/mol. The molecule has 0 aromatic carbocycles.